The van der Waals surface area contributed by atoms with Crippen molar-refractivity contribution in [2.24, 2.45) is 0 Å². The summed E-state index contributed by atoms with van der Waals surface area (Å²) >= 11 is 0. The van der Waals surface area contributed by atoms with Gasteiger partial charge in [-0.25, -0.2) is 4.98 Å². The Balaban J connectivity index is 1.88. The second kappa shape index (κ2) is 4.47. The molecule has 3 rings (SSSR count). The number of hydrogen-bond acceptors (Lipinski definition) is 3. The van der Waals surface area contributed by atoms with Crippen LogP contribution in [0.3, 0.4) is 0 Å². The van der Waals surface area contributed by atoms with Gasteiger partial charge in [0.05, 0.1) is 24.2 Å². The molecule has 0 amide bonds. The topological polar surface area (TPSA) is 41.2 Å². The van der Waals surface area contributed by atoms with Crippen molar-refractivity contribution in [1.29, 1.82) is 0 Å². The summed E-state index contributed by atoms with van der Waals surface area (Å²) < 4.78 is 5.37. The van der Waals surface area contributed by atoms with E-state index in [9.17, 15) is 0 Å². The highest BCUT2D eigenvalue weighted by molar-refractivity contribution is 5.78. The van der Waals surface area contributed by atoms with Gasteiger partial charge in [-0.3, -0.25) is 4.90 Å². The van der Waals surface area contributed by atoms with Crippen LogP contribution in [0.15, 0.2) is 18.2 Å². The molecule has 1 aliphatic rings. The minimum absolute atomic E-state index is 0.843. The molecule has 17 heavy (non-hydrogen) atoms. The van der Waals surface area contributed by atoms with E-state index in [0.717, 1.165) is 49.7 Å². The van der Waals surface area contributed by atoms with E-state index in [1.165, 1.54) is 5.56 Å². The molecule has 0 spiro atoms. The number of hydrogen-bond donors (Lipinski definition) is 1. The van der Waals surface area contributed by atoms with Crippen LogP contribution in [0.4, 0.5) is 0 Å². The van der Waals surface area contributed by atoms with Gasteiger partial charge in [0.1, 0.15) is 5.82 Å². The van der Waals surface area contributed by atoms with E-state index in [-0.39, 0.29) is 0 Å². The molecule has 1 N–H and O–H groups in total. The smallest absolute Gasteiger partial charge is 0.104 e. The molecule has 2 aromatic rings. The summed E-state index contributed by atoms with van der Waals surface area (Å²) in [5.41, 5.74) is 3.54. The average Bonchev–Trinajstić information content (AvgIpc) is 2.72. The van der Waals surface area contributed by atoms with Crippen molar-refractivity contribution in [3.8, 4) is 0 Å². The number of ether oxygens (including phenoxy) is 1. The summed E-state index contributed by atoms with van der Waals surface area (Å²) in [6.07, 6.45) is 0. The van der Waals surface area contributed by atoms with Gasteiger partial charge in [-0.1, -0.05) is 12.1 Å². The Bertz CT molecular complexity index is 514. The van der Waals surface area contributed by atoms with Crippen molar-refractivity contribution in [2.75, 3.05) is 26.3 Å². The SMILES string of the molecule is Cc1nc2c(CN3CCOCC3)cccc2[nH]1. The van der Waals surface area contributed by atoms with E-state index < -0.39 is 0 Å². The molecule has 1 fully saturated rings. The predicted molar refractivity (Wildman–Crippen MR) is 66.9 cm³/mol. The lowest BCUT2D eigenvalue weighted by Crippen LogP contribution is -2.35. The zero-order chi connectivity index (χ0) is 11.7. The number of benzene rings is 1. The maximum Gasteiger partial charge on any atom is 0.104 e. The fraction of sp³-hybridized carbons (Fsp3) is 0.462. The Morgan fingerprint density at radius 2 is 2.18 bits per heavy atom. The summed E-state index contributed by atoms with van der Waals surface area (Å²) in [6, 6.07) is 6.34. The fourth-order valence-electron chi connectivity index (χ4n) is 2.34. The van der Waals surface area contributed by atoms with E-state index in [0.29, 0.717) is 0 Å². The number of nitrogens with one attached hydrogen (secondary N) is 1. The molecule has 0 radical (unpaired) electrons. The molecule has 90 valence electrons. The third-order valence-corrected chi connectivity index (χ3v) is 3.21. The first-order valence-corrected chi connectivity index (χ1v) is 6.07. The number of rotatable bonds is 2. The first kappa shape index (κ1) is 10.7. The molecule has 0 unspecified atom stereocenters. The normalized spacial score (nSPS) is 17.7. The van der Waals surface area contributed by atoms with Crippen molar-refractivity contribution in [1.82, 2.24) is 14.9 Å². The first-order valence-electron chi connectivity index (χ1n) is 6.07. The van der Waals surface area contributed by atoms with Crippen LogP contribution in [0.1, 0.15) is 11.4 Å². The van der Waals surface area contributed by atoms with Crippen LogP contribution in [0.5, 0.6) is 0 Å². The molecule has 1 saturated heterocycles. The highest BCUT2D eigenvalue weighted by atomic mass is 16.5. The van der Waals surface area contributed by atoms with Gasteiger partial charge in [0, 0.05) is 19.6 Å². The number of morpholine rings is 1. The van der Waals surface area contributed by atoms with E-state index in [2.05, 4.69) is 33.1 Å². The highest BCUT2D eigenvalue weighted by Gasteiger charge is 2.13. The molecule has 0 saturated carbocycles. The second-order valence-corrected chi connectivity index (χ2v) is 4.52. The molecular weight excluding hydrogens is 214 g/mol. The largest absolute Gasteiger partial charge is 0.379 e. The summed E-state index contributed by atoms with van der Waals surface area (Å²) in [6.45, 7) is 6.67. The molecule has 1 aliphatic heterocycles. The Morgan fingerprint density at radius 1 is 1.35 bits per heavy atom. The predicted octanol–water partition coefficient (Wildman–Crippen LogP) is 1.70. The molecule has 2 heterocycles. The van der Waals surface area contributed by atoms with Crippen LogP contribution in [-0.4, -0.2) is 41.2 Å². The monoisotopic (exact) mass is 231 g/mol. The Kier molecular flexibility index (Phi) is 2.82. The number of imidazole rings is 1. The molecule has 0 bridgehead atoms. The Morgan fingerprint density at radius 3 is 3.00 bits per heavy atom. The number of aromatic nitrogens is 2. The van der Waals surface area contributed by atoms with Crippen molar-refractivity contribution in [3.05, 3.63) is 29.6 Å². The van der Waals surface area contributed by atoms with Crippen LogP contribution >= 0.6 is 0 Å². The van der Waals surface area contributed by atoms with Crippen LogP contribution in [0, 0.1) is 6.92 Å². The number of H-pyrrole nitrogens is 1. The van der Waals surface area contributed by atoms with Gasteiger partial charge in [0.2, 0.25) is 0 Å². The number of aryl methyl sites for hydroxylation is 1. The molecule has 0 aliphatic carbocycles. The maximum absolute atomic E-state index is 5.37. The van der Waals surface area contributed by atoms with Crippen molar-refractivity contribution >= 4 is 11.0 Å². The molecule has 4 heteroatoms. The lowest BCUT2D eigenvalue weighted by atomic mass is 10.1. The van der Waals surface area contributed by atoms with Crippen LogP contribution in [0.2, 0.25) is 0 Å². The van der Waals surface area contributed by atoms with E-state index in [1.54, 1.807) is 0 Å². The Labute approximate surface area is 101 Å². The molecule has 1 aromatic heterocycles. The van der Waals surface area contributed by atoms with Gasteiger partial charge < -0.3 is 9.72 Å². The lowest BCUT2D eigenvalue weighted by Gasteiger charge is -2.26. The Hall–Kier alpha value is -1.39. The highest BCUT2D eigenvalue weighted by Crippen LogP contribution is 2.18. The summed E-state index contributed by atoms with van der Waals surface area (Å²) in [5, 5.41) is 0. The maximum atomic E-state index is 5.37. The number of para-hydroxylation sites is 1. The van der Waals surface area contributed by atoms with Gasteiger partial charge in [0.15, 0.2) is 0 Å². The summed E-state index contributed by atoms with van der Waals surface area (Å²) in [7, 11) is 0. The third-order valence-electron chi connectivity index (χ3n) is 3.21. The standard InChI is InChI=1S/C13H17N3O/c1-10-14-12-4-2-3-11(13(12)15-10)9-16-5-7-17-8-6-16/h2-4H,5-9H2,1H3,(H,14,15). The minimum Gasteiger partial charge on any atom is -0.379 e. The minimum atomic E-state index is 0.843. The van der Waals surface area contributed by atoms with Gasteiger partial charge in [-0.05, 0) is 18.6 Å². The third kappa shape index (κ3) is 2.18. The molecule has 1 aromatic carbocycles. The lowest BCUT2D eigenvalue weighted by molar-refractivity contribution is 0.0343. The van der Waals surface area contributed by atoms with Gasteiger partial charge in [0.25, 0.3) is 0 Å². The quantitative estimate of drug-likeness (QED) is 0.855. The molecule has 0 atom stereocenters. The number of aromatic amines is 1. The number of nitrogens with zero attached hydrogens (tertiary/aromatic N) is 2. The average molecular weight is 231 g/mol. The van der Waals surface area contributed by atoms with Crippen molar-refractivity contribution in [2.45, 2.75) is 13.5 Å². The van der Waals surface area contributed by atoms with E-state index in [4.69, 9.17) is 4.74 Å². The van der Waals surface area contributed by atoms with Crippen molar-refractivity contribution in [3.63, 3.8) is 0 Å². The van der Waals surface area contributed by atoms with Crippen LogP contribution < -0.4 is 0 Å². The summed E-state index contributed by atoms with van der Waals surface area (Å²) in [5.74, 6) is 0.981. The van der Waals surface area contributed by atoms with Crippen molar-refractivity contribution < 1.29 is 4.74 Å². The zero-order valence-corrected chi connectivity index (χ0v) is 10.1. The van der Waals surface area contributed by atoms with Gasteiger partial charge >= 0.3 is 0 Å². The van der Waals surface area contributed by atoms with Crippen LogP contribution in [-0.2, 0) is 11.3 Å². The van der Waals surface area contributed by atoms with Crippen LogP contribution in [0.25, 0.3) is 11.0 Å². The van der Waals surface area contributed by atoms with Gasteiger partial charge in [-0.15, -0.1) is 0 Å². The first-order chi connectivity index (χ1) is 8.33. The van der Waals surface area contributed by atoms with E-state index >= 15 is 0 Å². The number of fused-ring (bicyclic) bond motifs is 1. The van der Waals surface area contributed by atoms with Gasteiger partial charge in [-0.2, -0.15) is 0 Å². The summed E-state index contributed by atoms with van der Waals surface area (Å²) in [4.78, 5) is 10.3. The van der Waals surface area contributed by atoms with E-state index in [1.807, 2.05) is 6.92 Å². The molecular formula is C13H17N3O. The fourth-order valence-corrected chi connectivity index (χ4v) is 2.34. The second-order valence-electron chi connectivity index (χ2n) is 4.52. The zero-order valence-electron chi connectivity index (χ0n) is 10.1. The molecule has 4 nitrogen and oxygen atoms in total.